The topological polar surface area (TPSA) is 54.9 Å². The zero-order valence-electron chi connectivity index (χ0n) is 10.2. The molecule has 1 N–H and O–H groups in total. The molecule has 1 aromatic carbocycles. The predicted octanol–water partition coefficient (Wildman–Crippen LogP) is 2.51. The van der Waals surface area contributed by atoms with Crippen molar-refractivity contribution in [1.29, 1.82) is 0 Å². The third-order valence-electron chi connectivity index (χ3n) is 2.47. The highest BCUT2D eigenvalue weighted by atomic mass is 35.5. The van der Waals surface area contributed by atoms with E-state index in [1.54, 1.807) is 12.1 Å². The van der Waals surface area contributed by atoms with Crippen molar-refractivity contribution in [3.05, 3.63) is 58.1 Å². The molecule has 0 aliphatic rings. The molecule has 19 heavy (non-hydrogen) atoms. The summed E-state index contributed by atoms with van der Waals surface area (Å²) in [4.78, 5) is 11.8. The van der Waals surface area contributed by atoms with Crippen LogP contribution in [-0.4, -0.2) is 16.1 Å². The minimum Gasteiger partial charge on any atom is -0.346 e. The van der Waals surface area contributed by atoms with Crippen molar-refractivity contribution in [3.8, 4) is 0 Å². The zero-order valence-corrected chi connectivity index (χ0v) is 10.9. The van der Waals surface area contributed by atoms with Crippen molar-refractivity contribution in [2.45, 2.75) is 13.5 Å². The van der Waals surface area contributed by atoms with Gasteiger partial charge in [-0.2, -0.15) is 10.2 Å². The molecule has 1 heterocycles. The molecule has 2 rings (SSSR count). The second-order valence-corrected chi connectivity index (χ2v) is 4.35. The van der Waals surface area contributed by atoms with Crippen LogP contribution in [0.25, 0.3) is 0 Å². The van der Waals surface area contributed by atoms with E-state index in [2.05, 4.69) is 15.5 Å². The zero-order chi connectivity index (χ0) is 13.8. The van der Waals surface area contributed by atoms with Crippen LogP contribution in [-0.2, 0) is 6.54 Å². The average molecular weight is 280 g/mol. The highest BCUT2D eigenvalue weighted by Crippen LogP contribution is 2.18. The summed E-state index contributed by atoms with van der Waals surface area (Å²) in [5, 5.41) is 10.4. The van der Waals surface area contributed by atoms with E-state index >= 15 is 0 Å². The van der Waals surface area contributed by atoms with Crippen LogP contribution in [0, 0.1) is 12.7 Å². The first kappa shape index (κ1) is 13.4. The first-order chi connectivity index (χ1) is 9.08. The fourth-order valence-corrected chi connectivity index (χ4v) is 1.74. The summed E-state index contributed by atoms with van der Waals surface area (Å²) >= 11 is 5.80. The lowest BCUT2D eigenvalue weighted by Crippen LogP contribution is -2.24. The van der Waals surface area contributed by atoms with E-state index in [0.29, 0.717) is 5.69 Å². The minimum absolute atomic E-state index is 0.0764. The number of rotatable bonds is 3. The van der Waals surface area contributed by atoms with Gasteiger partial charge in [0.2, 0.25) is 0 Å². The highest BCUT2D eigenvalue weighted by molar-refractivity contribution is 6.33. The van der Waals surface area contributed by atoms with E-state index in [1.807, 2.05) is 6.92 Å². The van der Waals surface area contributed by atoms with E-state index in [0.717, 1.165) is 5.69 Å². The molecule has 0 atom stereocenters. The quantitative estimate of drug-likeness (QED) is 0.939. The Morgan fingerprint density at radius 1 is 1.32 bits per heavy atom. The fraction of sp³-hybridized carbons (Fsp3) is 0.154. The molecule has 1 amide bonds. The lowest BCUT2D eigenvalue weighted by Gasteiger charge is -2.07. The first-order valence-corrected chi connectivity index (χ1v) is 5.97. The molecular formula is C13H11ClFN3O. The number of nitrogens with zero attached hydrogens (tertiary/aromatic N) is 2. The number of carbonyl (C=O) groups is 1. The summed E-state index contributed by atoms with van der Waals surface area (Å²) < 4.78 is 13.5. The molecule has 0 fully saturated rings. The van der Waals surface area contributed by atoms with Gasteiger partial charge in [-0.05, 0) is 31.2 Å². The molecule has 0 saturated carbocycles. The molecule has 98 valence electrons. The number of amides is 1. The maximum absolute atomic E-state index is 13.5. The van der Waals surface area contributed by atoms with Gasteiger partial charge in [0.05, 0.1) is 28.5 Å². The summed E-state index contributed by atoms with van der Waals surface area (Å²) in [6.07, 6.45) is 0. The molecule has 0 spiro atoms. The van der Waals surface area contributed by atoms with Crippen LogP contribution in [0.1, 0.15) is 21.7 Å². The Bertz CT molecular complexity index is 581. The van der Waals surface area contributed by atoms with Gasteiger partial charge in [-0.25, -0.2) is 4.39 Å². The number of aryl methyl sites for hydroxylation is 1. The second kappa shape index (κ2) is 5.75. The van der Waals surface area contributed by atoms with Crippen molar-refractivity contribution in [3.63, 3.8) is 0 Å². The van der Waals surface area contributed by atoms with Crippen molar-refractivity contribution < 1.29 is 9.18 Å². The summed E-state index contributed by atoms with van der Waals surface area (Å²) in [5.74, 6) is -1.23. The molecular weight excluding hydrogens is 269 g/mol. The Labute approximate surface area is 114 Å². The number of nitrogens with one attached hydrogen (secondary N) is 1. The van der Waals surface area contributed by atoms with Gasteiger partial charge in [0.25, 0.3) is 5.91 Å². The smallest absolute Gasteiger partial charge is 0.256 e. The van der Waals surface area contributed by atoms with Crippen LogP contribution in [0.3, 0.4) is 0 Å². The Balaban J connectivity index is 2.07. The van der Waals surface area contributed by atoms with E-state index in [-0.39, 0.29) is 17.1 Å². The van der Waals surface area contributed by atoms with Crippen molar-refractivity contribution in [1.82, 2.24) is 15.5 Å². The number of aromatic nitrogens is 2. The standard InChI is InChI=1S/C13H11ClFN3O/c1-8-5-6-9(18-17-8)7-16-13(19)12-10(14)3-2-4-11(12)15/h2-6H,7H2,1H3,(H,16,19). The van der Waals surface area contributed by atoms with E-state index in [1.165, 1.54) is 18.2 Å². The van der Waals surface area contributed by atoms with Gasteiger partial charge in [0, 0.05) is 0 Å². The maximum Gasteiger partial charge on any atom is 0.256 e. The Hall–Kier alpha value is -2.01. The van der Waals surface area contributed by atoms with Gasteiger partial charge in [-0.1, -0.05) is 17.7 Å². The molecule has 0 unspecified atom stereocenters. The van der Waals surface area contributed by atoms with Crippen LogP contribution in [0.2, 0.25) is 5.02 Å². The summed E-state index contributed by atoms with van der Waals surface area (Å²) in [6, 6.07) is 7.62. The largest absolute Gasteiger partial charge is 0.346 e. The third kappa shape index (κ3) is 3.26. The third-order valence-corrected chi connectivity index (χ3v) is 2.79. The van der Waals surface area contributed by atoms with Crippen LogP contribution in [0.15, 0.2) is 30.3 Å². The van der Waals surface area contributed by atoms with Gasteiger partial charge in [0.1, 0.15) is 5.82 Å². The van der Waals surface area contributed by atoms with E-state index in [9.17, 15) is 9.18 Å². The lowest BCUT2D eigenvalue weighted by molar-refractivity contribution is 0.0946. The number of hydrogen-bond donors (Lipinski definition) is 1. The fourth-order valence-electron chi connectivity index (χ4n) is 1.49. The van der Waals surface area contributed by atoms with Crippen molar-refractivity contribution in [2.24, 2.45) is 0 Å². The summed E-state index contributed by atoms with van der Waals surface area (Å²) in [6.45, 7) is 1.98. The molecule has 4 nitrogen and oxygen atoms in total. The lowest BCUT2D eigenvalue weighted by atomic mass is 10.2. The minimum atomic E-state index is -0.653. The molecule has 2 aromatic rings. The molecule has 0 aliphatic carbocycles. The summed E-state index contributed by atoms with van der Waals surface area (Å²) in [5.41, 5.74) is 1.21. The second-order valence-electron chi connectivity index (χ2n) is 3.95. The number of halogens is 2. The van der Waals surface area contributed by atoms with Crippen molar-refractivity contribution in [2.75, 3.05) is 0 Å². The van der Waals surface area contributed by atoms with E-state index in [4.69, 9.17) is 11.6 Å². The molecule has 0 bridgehead atoms. The normalized spacial score (nSPS) is 10.3. The van der Waals surface area contributed by atoms with Crippen LogP contribution in [0.4, 0.5) is 4.39 Å². The molecule has 0 saturated heterocycles. The summed E-state index contributed by atoms with van der Waals surface area (Å²) in [7, 11) is 0. The Morgan fingerprint density at radius 3 is 2.74 bits per heavy atom. The molecule has 1 aromatic heterocycles. The Morgan fingerprint density at radius 2 is 2.11 bits per heavy atom. The van der Waals surface area contributed by atoms with Crippen molar-refractivity contribution >= 4 is 17.5 Å². The molecule has 6 heteroatoms. The van der Waals surface area contributed by atoms with E-state index < -0.39 is 11.7 Å². The monoisotopic (exact) mass is 279 g/mol. The first-order valence-electron chi connectivity index (χ1n) is 5.59. The molecule has 0 aliphatic heterocycles. The molecule has 0 radical (unpaired) electrons. The Kier molecular flexibility index (Phi) is 4.06. The van der Waals surface area contributed by atoms with Gasteiger partial charge in [-0.15, -0.1) is 0 Å². The maximum atomic E-state index is 13.5. The number of carbonyl (C=O) groups excluding carboxylic acids is 1. The van der Waals surface area contributed by atoms with Crippen LogP contribution in [0.5, 0.6) is 0 Å². The van der Waals surface area contributed by atoms with Crippen LogP contribution >= 0.6 is 11.6 Å². The highest BCUT2D eigenvalue weighted by Gasteiger charge is 2.15. The number of hydrogen-bond acceptors (Lipinski definition) is 3. The van der Waals surface area contributed by atoms with Gasteiger partial charge >= 0.3 is 0 Å². The van der Waals surface area contributed by atoms with Gasteiger partial charge < -0.3 is 5.32 Å². The number of benzene rings is 1. The SMILES string of the molecule is Cc1ccc(CNC(=O)c2c(F)cccc2Cl)nn1. The van der Waals surface area contributed by atoms with Gasteiger partial charge in [0.15, 0.2) is 0 Å². The predicted molar refractivity (Wildman–Crippen MR) is 69.3 cm³/mol. The van der Waals surface area contributed by atoms with Crippen LogP contribution < -0.4 is 5.32 Å². The average Bonchev–Trinajstić information content (AvgIpc) is 2.38. The van der Waals surface area contributed by atoms with Gasteiger partial charge in [-0.3, -0.25) is 4.79 Å².